The van der Waals surface area contributed by atoms with Crippen molar-refractivity contribution < 1.29 is 0 Å². The van der Waals surface area contributed by atoms with Crippen LogP contribution >= 0.6 is 0 Å². The van der Waals surface area contributed by atoms with Crippen molar-refractivity contribution in [3.8, 4) is 0 Å². The van der Waals surface area contributed by atoms with Crippen LogP contribution in [0.2, 0.25) is 0 Å². The molecule has 2 heteroatoms. The predicted octanol–water partition coefficient (Wildman–Crippen LogP) is 2.46. The number of benzene rings is 1. The predicted molar refractivity (Wildman–Crippen MR) is 68.2 cm³/mol. The van der Waals surface area contributed by atoms with Crippen LogP contribution in [0.1, 0.15) is 38.3 Å². The van der Waals surface area contributed by atoms with E-state index in [-0.39, 0.29) is 6.04 Å². The first-order valence-electron chi connectivity index (χ1n) is 6.13. The molecule has 0 bridgehead atoms. The average Bonchev–Trinajstić information content (AvgIpc) is 2.87. The fourth-order valence-corrected chi connectivity index (χ4v) is 2.10. The van der Waals surface area contributed by atoms with Gasteiger partial charge in [0.05, 0.1) is 0 Å². The van der Waals surface area contributed by atoms with Gasteiger partial charge in [-0.25, -0.2) is 0 Å². The van der Waals surface area contributed by atoms with Gasteiger partial charge in [0.15, 0.2) is 0 Å². The highest BCUT2D eigenvalue weighted by Crippen LogP contribution is 2.44. The van der Waals surface area contributed by atoms with Crippen molar-refractivity contribution in [3.05, 3.63) is 35.9 Å². The average molecular weight is 218 g/mol. The van der Waals surface area contributed by atoms with E-state index >= 15 is 0 Å². The summed E-state index contributed by atoms with van der Waals surface area (Å²) in [6.45, 7) is 5.63. The fourth-order valence-electron chi connectivity index (χ4n) is 2.10. The zero-order valence-electron chi connectivity index (χ0n) is 10.2. The van der Waals surface area contributed by atoms with Gasteiger partial charge < -0.3 is 11.1 Å². The van der Waals surface area contributed by atoms with E-state index in [1.807, 2.05) is 18.2 Å². The first-order valence-corrected chi connectivity index (χ1v) is 6.13. The van der Waals surface area contributed by atoms with Crippen LogP contribution < -0.4 is 11.1 Å². The molecule has 1 fully saturated rings. The van der Waals surface area contributed by atoms with Gasteiger partial charge in [0, 0.05) is 12.1 Å². The van der Waals surface area contributed by atoms with Crippen molar-refractivity contribution in [1.29, 1.82) is 0 Å². The van der Waals surface area contributed by atoms with E-state index in [1.54, 1.807) is 0 Å². The molecule has 1 saturated carbocycles. The third-order valence-electron chi connectivity index (χ3n) is 3.59. The Labute approximate surface area is 98.2 Å². The van der Waals surface area contributed by atoms with Crippen molar-refractivity contribution in [2.45, 2.75) is 38.8 Å². The van der Waals surface area contributed by atoms with Gasteiger partial charge >= 0.3 is 0 Å². The second-order valence-electron chi connectivity index (χ2n) is 5.51. The molecule has 1 aliphatic rings. The molecule has 2 unspecified atom stereocenters. The van der Waals surface area contributed by atoms with E-state index in [0.29, 0.717) is 11.5 Å². The third kappa shape index (κ3) is 2.83. The lowest BCUT2D eigenvalue weighted by Crippen LogP contribution is -2.25. The number of nitrogens with two attached hydrogens (primary N) is 1. The molecule has 2 atom stereocenters. The van der Waals surface area contributed by atoms with Crippen molar-refractivity contribution in [2.75, 3.05) is 6.54 Å². The smallest absolute Gasteiger partial charge is 0.0306 e. The van der Waals surface area contributed by atoms with Crippen molar-refractivity contribution in [3.63, 3.8) is 0 Å². The van der Waals surface area contributed by atoms with Crippen LogP contribution in [-0.4, -0.2) is 12.6 Å². The zero-order valence-corrected chi connectivity index (χ0v) is 10.2. The van der Waals surface area contributed by atoms with Gasteiger partial charge in [0.1, 0.15) is 0 Å². The molecule has 0 radical (unpaired) electrons. The Morgan fingerprint density at radius 2 is 2.00 bits per heavy atom. The van der Waals surface area contributed by atoms with Gasteiger partial charge in [-0.2, -0.15) is 0 Å². The lowest BCUT2D eigenvalue weighted by molar-refractivity contribution is 0.514. The number of rotatable bonds is 5. The zero-order chi connectivity index (χ0) is 11.6. The van der Waals surface area contributed by atoms with E-state index < -0.39 is 0 Å². The van der Waals surface area contributed by atoms with E-state index in [4.69, 9.17) is 5.73 Å². The van der Waals surface area contributed by atoms with Crippen molar-refractivity contribution >= 4 is 0 Å². The molecule has 16 heavy (non-hydrogen) atoms. The summed E-state index contributed by atoms with van der Waals surface area (Å²) in [6.07, 6.45) is 2.31. The summed E-state index contributed by atoms with van der Waals surface area (Å²) in [5.41, 5.74) is 7.88. The Balaban J connectivity index is 1.71. The van der Waals surface area contributed by atoms with Crippen LogP contribution in [0.4, 0.5) is 0 Å². The molecule has 2 rings (SSSR count). The maximum Gasteiger partial charge on any atom is 0.0306 e. The third-order valence-corrected chi connectivity index (χ3v) is 3.59. The number of nitrogens with one attached hydrogen (secondary N) is 1. The van der Waals surface area contributed by atoms with Crippen LogP contribution in [0.15, 0.2) is 30.3 Å². The Kier molecular flexibility index (Phi) is 3.31. The Hall–Kier alpha value is -0.860. The summed E-state index contributed by atoms with van der Waals surface area (Å²) in [6, 6.07) is 11.2. The van der Waals surface area contributed by atoms with Crippen molar-refractivity contribution in [2.24, 2.45) is 11.1 Å². The minimum absolute atomic E-state index is 0.163. The van der Waals surface area contributed by atoms with Crippen LogP contribution in [-0.2, 0) is 0 Å². The largest absolute Gasteiger partial charge is 0.324 e. The minimum Gasteiger partial charge on any atom is -0.324 e. The Morgan fingerprint density at radius 3 is 2.56 bits per heavy atom. The molecule has 0 heterocycles. The summed E-state index contributed by atoms with van der Waals surface area (Å²) in [5.74, 6) is 0. The van der Waals surface area contributed by atoms with Crippen LogP contribution in [0, 0.1) is 5.41 Å². The fraction of sp³-hybridized carbons (Fsp3) is 0.571. The monoisotopic (exact) mass is 218 g/mol. The second-order valence-corrected chi connectivity index (χ2v) is 5.51. The summed E-state index contributed by atoms with van der Waals surface area (Å²) in [4.78, 5) is 0. The maximum atomic E-state index is 6.13. The van der Waals surface area contributed by atoms with Crippen LogP contribution in [0.25, 0.3) is 0 Å². The first-order chi connectivity index (χ1) is 7.59. The van der Waals surface area contributed by atoms with Gasteiger partial charge in [-0.1, -0.05) is 44.2 Å². The van der Waals surface area contributed by atoms with Gasteiger partial charge in [-0.05, 0) is 30.4 Å². The lowest BCUT2D eigenvalue weighted by atomic mass is 10.1. The normalized spacial score (nSPS) is 24.1. The molecule has 1 aliphatic carbocycles. The molecule has 2 nitrogen and oxygen atoms in total. The molecule has 0 saturated heterocycles. The number of hydrogen-bond acceptors (Lipinski definition) is 2. The Morgan fingerprint density at radius 1 is 1.38 bits per heavy atom. The Bertz CT molecular complexity index is 332. The van der Waals surface area contributed by atoms with Gasteiger partial charge in [0.25, 0.3) is 0 Å². The number of hydrogen-bond donors (Lipinski definition) is 2. The van der Waals surface area contributed by atoms with E-state index in [9.17, 15) is 0 Å². The highest BCUT2D eigenvalue weighted by atomic mass is 15.0. The molecular formula is C14H22N2. The maximum absolute atomic E-state index is 6.13. The molecule has 1 aromatic carbocycles. The topological polar surface area (TPSA) is 38.0 Å². The first kappa shape index (κ1) is 11.6. The SMILES string of the molecule is CC1(C)CC1NCCC(N)c1ccccc1. The quantitative estimate of drug-likeness (QED) is 0.796. The molecule has 88 valence electrons. The van der Waals surface area contributed by atoms with Crippen LogP contribution in [0.3, 0.4) is 0 Å². The highest BCUT2D eigenvalue weighted by Gasteiger charge is 2.44. The van der Waals surface area contributed by atoms with E-state index in [0.717, 1.165) is 13.0 Å². The highest BCUT2D eigenvalue weighted by molar-refractivity contribution is 5.18. The second kappa shape index (κ2) is 4.56. The van der Waals surface area contributed by atoms with Crippen molar-refractivity contribution in [1.82, 2.24) is 5.32 Å². The summed E-state index contributed by atoms with van der Waals surface area (Å²) in [7, 11) is 0. The minimum atomic E-state index is 0.163. The molecular weight excluding hydrogens is 196 g/mol. The summed E-state index contributed by atoms with van der Waals surface area (Å²) < 4.78 is 0. The van der Waals surface area contributed by atoms with Crippen LogP contribution in [0.5, 0.6) is 0 Å². The van der Waals surface area contributed by atoms with E-state index in [1.165, 1.54) is 12.0 Å². The summed E-state index contributed by atoms with van der Waals surface area (Å²) in [5, 5.41) is 3.57. The van der Waals surface area contributed by atoms with Gasteiger partial charge in [-0.3, -0.25) is 0 Å². The molecule has 0 spiro atoms. The summed E-state index contributed by atoms with van der Waals surface area (Å²) >= 11 is 0. The van der Waals surface area contributed by atoms with E-state index in [2.05, 4.69) is 31.3 Å². The molecule has 0 aliphatic heterocycles. The lowest BCUT2D eigenvalue weighted by Gasteiger charge is -2.13. The van der Waals surface area contributed by atoms with Gasteiger partial charge in [0.2, 0.25) is 0 Å². The van der Waals surface area contributed by atoms with Gasteiger partial charge in [-0.15, -0.1) is 0 Å². The standard InChI is InChI=1S/C14H22N2/c1-14(2)10-13(14)16-9-8-12(15)11-6-4-3-5-7-11/h3-7,12-13,16H,8-10,15H2,1-2H3. The molecule has 0 amide bonds. The molecule has 0 aromatic heterocycles. The molecule has 3 N–H and O–H groups in total. The molecule has 1 aromatic rings.